The molecule has 10 heteroatoms. The Morgan fingerprint density at radius 1 is 1.33 bits per heavy atom. The third-order valence-corrected chi connectivity index (χ3v) is 6.14. The number of carbonyl (C=O) groups excluding carboxylic acids is 1. The first-order valence-corrected chi connectivity index (χ1v) is 11.1. The maximum Gasteiger partial charge on any atom is 0.255 e. The van der Waals surface area contributed by atoms with Crippen LogP contribution in [0.4, 0.5) is 15.8 Å². The van der Waals surface area contributed by atoms with Crippen LogP contribution in [0, 0.1) is 5.82 Å². The zero-order valence-electron chi connectivity index (χ0n) is 17.9. The molecule has 172 valence electrons. The maximum atomic E-state index is 14.2. The number of nitrogens with one attached hydrogen (secondary N) is 4. The van der Waals surface area contributed by atoms with Crippen molar-refractivity contribution >= 4 is 28.9 Å². The molecule has 0 unspecified atom stereocenters. The zero-order chi connectivity index (χ0) is 22.9. The summed E-state index contributed by atoms with van der Waals surface area (Å²) in [4.78, 5) is 20.4. The Balaban J connectivity index is 1.61. The second kappa shape index (κ2) is 8.92. The molecule has 2 aromatic heterocycles. The Kier molecular flexibility index (Phi) is 5.82. The van der Waals surface area contributed by atoms with Crippen LogP contribution in [0.3, 0.4) is 0 Å². The molecule has 1 amide bonds. The van der Waals surface area contributed by atoms with Gasteiger partial charge in [0.05, 0.1) is 41.0 Å². The molecule has 0 spiro atoms. The van der Waals surface area contributed by atoms with Gasteiger partial charge in [0.2, 0.25) is 0 Å². The highest BCUT2D eigenvalue weighted by atomic mass is 35.5. The van der Waals surface area contributed by atoms with Gasteiger partial charge in [0, 0.05) is 42.5 Å². The summed E-state index contributed by atoms with van der Waals surface area (Å²) in [6.07, 6.45) is 4.99. The number of ether oxygens (including phenoxy) is 2. The fourth-order valence-electron chi connectivity index (χ4n) is 4.08. The second-order valence-electron chi connectivity index (χ2n) is 7.95. The van der Waals surface area contributed by atoms with E-state index in [1.54, 1.807) is 12.4 Å². The van der Waals surface area contributed by atoms with Crippen LogP contribution in [-0.4, -0.2) is 48.7 Å². The summed E-state index contributed by atoms with van der Waals surface area (Å²) in [5.41, 5.74) is 3.40. The molecular weight excluding hydrogens is 449 g/mol. The van der Waals surface area contributed by atoms with E-state index in [-0.39, 0.29) is 16.7 Å². The standard InChI is InChI=1S/C23H23ClFN5O3/c1-32-22-15(24)8-12(25)9-17(22)30-21-19-16(4-7-28-23(19)31)29-20(21)14-3-5-26-10-18(14)33-11-13-2-6-27-13/h3,5,8-10,13,27,29-30H,2,4,6-7,11H2,1H3,(H,28,31)/t13-/m1/s1. The van der Waals surface area contributed by atoms with Crippen LogP contribution in [0.2, 0.25) is 5.02 Å². The van der Waals surface area contributed by atoms with Gasteiger partial charge in [-0.1, -0.05) is 11.6 Å². The minimum absolute atomic E-state index is 0.122. The van der Waals surface area contributed by atoms with Crippen molar-refractivity contribution < 1.29 is 18.7 Å². The maximum absolute atomic E-state index is 14.2. The molecule has 0 aliphatic carbocycles. The third kappa shape index (κ3) is 4.09. The molecule has 0 saturated carbocycles. The Morgan fingerprint density at radius 3 is 2.94 bits per heavy atom. The normalized spacial score (nSPS) is 17.1. The van der Waals surface area contributed by atoms with Crippen LogP contribution in [0.15, 0.2) is 30.6 Å². The highest BCUT2D eigenvalue weighted by Gasteiger charge is 2.29. The zero-order valence-corrected chi connectivity index (χ0v) is 18.7. The number of anilines is 2. The van der Waals surface area contributed by atoms with Crippen molar-refractivity contribution in [3.8, 4) is 22.8 Å². The van der Waals surface area contributed by atoms with Gasteiger partial charge < -0.3 is 30.4 Å². The molecule has 1 atom stereocenters. The number of benzene rings is 1. The fourth-order valence-corrected chi connectivity index (χ4v) is 4.37. The van der Waals surface area contributed by atoms with Crippen LogP contribution >= 0.6 is 11.6 Å². The lowest BCUT2D eigenvalue weighted by Crippen LogP contribution is -2.46. The highest BCUT2D eigenvalue weighted by Crippen LogP contribution is 2.43. The average molecular weight is 472 g/mol. The molecule has 8 nitrogen and oxygen atoms in total. The Labute approximate surface area is 194 Å². The van der Waals surface area contributed by atoms with Crippen molar-refractivity contribution in [2.45, 2.75) is 18.9 Å². The van der Waals surface area contributed by atoms with Gasteiger partial charge >= 0.3 is 0 Å². The summed E-state index contributed by atoms with van der Waals surface area (Å²) in [6, 6.07) is 4.58. The average Bonchev–Trinajstić information content (AvgIpc) is 3.12. The number of nitrogens with zero attached hydrogens (tertiary/aromatic N) is 1. The van der Waals surface area contributed by atoms with Gasteiger partial charge in [-0.25, -0.2) is 4.39 Å². The first-order chi connectivity index (χ1) is 16.0. The largest absolute Gasteiger partial charge is 0.493 e. The molecule has 0 radical (unpaired) electrons. The molecule has 1 saturated heterocycles. The van der Waals surface area contributed by atoms with Crippen molar-refractivity contribution in [1.82, 2.24) is 20.6 Å². The van der Waals surface area contributed by atoms with E-state index in [4.69, 9.17) is 21.1 Å². The van der Waals surface area contributed by atoms with Crippen molar-refractivity contribution in [3.63, 3.8) is 0 Å². The number of amides is 1. The second-order valence-corrected chi connectivity index (χ2v) is 8.36. The minimum Gasteiger partial charge on any atom is -0.493 e. The predicted octanol–water partition coefficient (Wildman–Crippen LogP) is 3.65. The van der Waals surface area contributed by atoms with Crippen LogP contribution < -0.4 is 25.4 Å². The van der Waals surface area contributed by atoms with Crippen molar-refractivity contribution in [1.29, 1.82) is 0 Å². The number of hydrogen-bond donors (Lipinski definition) is 4. The number of halogens is 2. The molecule has 1 aromatic carbocycles. The van der Waals surface area contributed by atoms with Gasteiger partial charge in [0.25, 0.3) is 5.91 Å². The first kappa shape index (κ1) is 21.5. The lowest BCUT2D eigenvalue weighted by atomic mass is 10.0. The number of pyridine rings is 1. The summed E-state index contributed by atoms with van der Waals surface area (Å²) in [5.74, 6) is 0.104. The lowest BCUT2D eigenvalue weighted by Gasteiger charge is -2.27. The molecule has 3 aromatic rings. The Hall–Kier alpha value is -3.30. The number of hydrogen-bond acceptors (Lipinski definition) is 6. The smallest absolute Gasteiger partial charge is 0.255 e. The van der Waals surface area contributed by atoms with Crippen LogP contribution in [0.1, 0.15) is 22.5 Å². The topological polar surface area (TPSA) is 100 Å². The SMILES string of the molecule is COc1c(Cl)cc(F)cc1Nc1c(-c2ccncc2OC[C@H]2CCN2)[nH]c2c1C(=O)NCC2. The summed E-state index contributed by atoms with van der Waals surface area (Å²) in [5, 5.41) is 9.49. The van der Waals surface area contributed by atoms with Crippen molar-refractivity contribution in [2.24, 2.45) is 0 Å². The molecule has 5 rings (SSSR count). The number of carbonyl (C=O) groups is 1. The van der Waals surface area contributed by atoms with E-state index in [9.17, 15) is 9.18 Å². The monoisotopic (exact) mass is 471 g/mol. The molecule has 2 aliphatic heterocycles. The van der Waals surface area contributed by atoms with Gasteiger partial charge in [0.1, 0.15) is 18.2 Å². The van der Waals surface area contributed by atoms with Gasteiger partial charge in [-0.15, -0.1) is 0 Å². The Bertz CT molecular complexity index is 1210. The van der Waals surface area contributed by atoms with E-state index in [1.807, 2.05) is 6.07 Å². The van der Waals surface area contributed by atoms with E-state index in [2.05, 4.69) is 25.9 Å². The van der Waals surface area contributed by atoms with Gasteiger partial charge in [-0.05, 0) is 25.1 Å². The van der Waals surface area contributed by atoms with Crippen molar-refractivity contribution in [2.75, 3.05) is 32.1 Å². The molecule has 4 heterocycles. The number of rotatable bonds is 7. The molecule has 0 bridgehead atoms. The van der Waals surface area contributed by atoms with E-state index in [0.29, 0.717) is 54.0 Å². The van der Waals surface area contributed by atoms with Gasteiger partial charge in [-0.2, -0.15) is 0 Å². The summed E-state index contributed by atoms with van der Waals surface area (Å²) >= 11 is 6.19. The number of fused-ring (bicyclic) bond motifs is 1. The quantitative estimate of drug-likeness (QED) is 0.420. The van der Waals surface area contributed by atoms with Crippen LogP contribution in [-0.2, 0) is 6.42 Å². The number of methoxy groups -OCH3 is 1. The summed E-state index contributed by atoms with van der Waals surface area (Å²) in [7, 11) is 1.45. The molecular formula is C23H23ClFN5O3. The Morgan fingerprint density at radius 2 is 2.18 bits per heavy atom. The first-order valence-electron chi connectivity index (χ1n) is 10.7. The summed E-state index contributed by atoms with van der Waals surface area (Å²) < 4.78 is 25.6. The van der Waals surface area contributed by atoms with Crippen molar-refractivity contribution in [3.05, 3.63) is 52.7 Å². The third-order valence-electron chi connectivity index (χ3n) is 5.86. The predicted molar refractivity (Wildman–Crippen MR) is 123 cm³/mol. The molecule has 4 N–H and O–H groups in total. The summed E-state index contributed by atoms with van der Waals surface area (Å²) in [6.45, 7) is 2.02. The minimum atomic E-state index is -0.528. The fraction of sp³-hybridized carbons (Fsp3) is 0.304. The van der Waals surface area contributed by atoms with Crippen LogP contribution in [0.25, 0.3) is 11.3 Å². The number of H-pyrrole nitrogens is 1. The van der Waals surface area contributed by atoms with E-state index in [0.717, 1.165) is 24.2 Å². The van der Waals surface area contributed by atoms with Crippen LogP contribution in [0.5, 0.6) is 11.5 Å². The molecule has 2 aliphatic rings. The van der Waals surface area contributed by atoms with E-state index >= 15 is 0 Å². The number of aromatic amines is 1. The number of aromatic nitrogens is 2. The van der Waals surface area contributed by atoms with E-state index < -0.39 is 5.82 Å². The molecule has 33 heavy (non-hydrogen) atoms. The lowest BCUT2D eigenvalue weighted by molar-refractivity contribution is 0.0947. The van der Waals surface area contributed by atoms with Gasteiger partial charge in [0.15, 0.2) is 5.75 Å². The van der Waals surface area contributed by atoms with E-state index in [1.165, 1.54) is 19.2 Å². The molecule has 1 fully saturated rings. The van der Waals surface area contributed by atoms with Gasteiger partial charge in [-0.3, -0.25) is 9.78 Å². The highest BCUT2D eigenvalue weighted by molar-refractivity contribution is 6.32.